The van der Waals surface area contributed by atoms with Crippen molar-refractivity contribution >= 4 is 37.6 Å². The Bertz CT molecular complexity index is 585. The molecule has 2 rings (SSSR count). The fourth-order valence-electron chi connectivity index (χ4n) is 2.69. The summed E-state index contributed by atoms with van der Waals surface area (Å²) in [4.78, 5) is 10.9. The van der Waals surface area contributed by atoms with Gasteiger partial charge in [-0.1, -0.05) is 0 Å². The summed E-state index contributed by atoms with van der Waals surface area (Å²) in [6.45, 7) is 0.300. The second-order valence-electron chi connectivity index (χ2n) is 5.33. The normalized spacial score (nSPS) is 28.3. The van der Waals surface area contributed by atoms with Gasteiger partial charge in [-0.15, -0.1) is 0 Å². The lowest BCUT2D eigenvalue weighted by Gasteiger charge is -2.37. The Labute approximate surface area is 129 Å². The van der Waals surface area contributed by atoms with Crippen molar-refractivity contribution in [1.82, 2.24) is 4.31 Å². The maximum Gasteiger partial charge on any atom is 0.305 e. The van der Waals surface area contributed by atoms with E-state index in [1.165, 1.54) is 4.31 Å². The van der Waals surface area contributed by atoms with Gasteiger partial charge >= 0.3 is 5.97 Å². The Balaban J connectivity index is 2.15. The molecule has 2 fully saturated rings. The summed E-state index contributed by atoms with van der Waals surface area (Å²) in [6, 6.07) is -0.537. The summed E-state index contributed by atoms with van der Waals surface area (Å²) in [5.74, 6) is -0.128. The molecular formula is C11H19NO6S3. The Morgan fingerprint density at radius 3 is 2.48 bits per heavy atom. The number of aliphatic carboxylic acids is 1. The average molecular weight is 357 g/mol. The molecule has 1 N–H and O–H groups in total. The minimum Gasteiger partial charge on any atom is -0.481 e. The van der Waals surface area contributed by atoms with E-state index in [2.05, 4.69) is 0 Å². The second kappa shape index (κ2) is 6.43. The Morgan fingerprint density at radius 1 is 1.29 bits per heavy atom. The maximum atomic E-state index is 12.7. The third-order valence-corrected chi connectivity index (χ3v) is 9.09. The third-order valence-electron chi connectivity index (χ3n) is 3.83. The standard InChI is InChI=1S/C11H19NO6S3/c13-11(14)7-9-8-19-4-3-12(9)21(17,18)10-1-5-20(15,16)6-2-10/h9-10H,1-8H2,(H,13,14). The van der Waals surface area contributed by atoms with Crippen molar-refractivity contribution in [3.05, 3.63) is 0 Å². The van der Waals surface area contributed by atoms with E-state index in [4.69, 9.17) is 5.11 Å². The molecule has 2 aliphatic rings. The number of carboxylic acids is 1. The van der Waals surface area contributed by atoms with Crippen LogP contribution in [0.15, 0.2) is 0 Å². The molecule has 0 aromatic rings. The van der Waals surface area contributed by atoms with Crippen LogP contribution in [0.1, 0.15) is 19.3 Å². The number of hydrogen-bond donors (Lipinski definition) is 1. The molecule has 2 heterocycles. The van der Waals surface area contributed by atoms with E-state index in [1.807, 2.05) is 0 Å². The van der Waals surface area contributed by atoms with E-state index in [1.54, 1.807) is 11.8 Å². The first kappa shape index (κ1) is 17.0. The molecule has 0 amide bonds. The van der Waals surface area contributed by atoms with E-state index in [0.29, 0.717) is 18.1 Å². The van der Waals surface area contributed by atoms with Crippen LogP contribution in [0.4, 0.5) is 0 Å². The molecule has 0 saturated carbocycles. The minimum atomic E-state index is -3.64. The van der Waals surface area contributed by atoms with Crippen LogP contribution in [0.25, 0.3) is 0 Å². The van der Waals surface area contributed by atoms with Crippen LogP contribution >= 0.6 is 11.8 Å². The van der Waals surface area contributed by atoms with Crippen LogP contribution in [0.5, 0.6) is 0 Å². The van der Waals surface area contributed by atoms with E-state index in [9.17, 15) is 21.6 Å². The zero-order valence-electron chi connectivity index (χ0n) is 11.5. The van der Waals surface area contributed by atoms with Crippen molar-refractivity contribution in [3.8, 4) is 0 Å². The van der Waals surface area contributed by atoms with Gasteiger partial charge in [-0.2, -0.15) is 16.1 Å². The van der Waals surface area contributed by atoms with E-state index >= 15 is 0 Å². The van der Waals surface area contributed by atoms with Gasteiger partial charge < -0.3 is 5.11 Å². The van der Waals surface area contributed by atoms with Gasteiger partial charge in [0.1, 0.15) is 9.84 Å². The van der Waals surface area contributed by atoms with Crippen LogP contribution in [-0.2, 0) is 24.7 Å². The van der Waals surface area contributed by atoms with Crippen LogP contribution < -0.4 is 0 Å². The zero-order valence-corrected chi connectivity index (χ0v) is 13.9. The maximum absolute atomic E-state index is 12.7. The Hall–Kier alpha value is -0.320. The molecule has 2 saturated heterocycles. The third kappa shape index (κ3) is 4.11. The summed E-state index contributed by atoms with van der Waals surface area (Å²) in [7, 11) is -6.76. The first-order valence-electron chi connectivity index (χ1n) is 6.73. The SMILES string of the molecule is O=C(O)CC1CSCCN1S(=O)(=O)C1CCS(=O)(=O)CC1. The summed E-state index contributed by atoms with van der Waals surface area (Å²) >= 11 is 1.55. The topological polar surface area (TPSA) is 109 Å². The molecule has 122 valence electrons. The highest BCUT2D eigenvalue weighted by Crippen LogP contribution is 2.28. The highest BCUT2D eigenvalue weighted by molar-refractivity contribution is 7.99. The number of rotatable bonds is 4. The van der Waals surface area contributed by atoms with Crippen LogP contribution in [-0.4, -0.2) is 73.1 Å². The lowest BCUT2D eigenvalue weighted by atomic mass is 10.2. The molecule has 0 radical (unpaired) electrons. The molecule has 0 aromatic heterocycles. The number of thioether (sulfide) groups is 1. The monoisotopic (exact) mass is 357 g/mol. The largest absolute Gasteiger partial charge is 0.481 e. The average Bonchev–Trinajstić information content (AvgIpc) is 2.38. The van der Waals surface area contributed by atoms with Crippen LogP contribution in [0.2, 0.25) is 0 Å². The number of carboxylic acid groups (broad SMARTS) is 1. The summed E-state index contributed by atoms with van der Waals surface area (Å²) in [6.07, 6.45) is -0.000545. The molecule has 2 aliphatic heterocycles. The Morgan fingerprint density at radius 2 is 1.90 bits per heavy atom. The first-order valence-corrected chi connectivity index (χ1v) is 11.2. The molecule has 0 aliphatic carbocycles. The van der Waals surface area contributed by atoms with Gasteiger partial charge in [0, 0.05) is 24.1 Å². The van der Waals surface area contributed by atoms with E-state index in [-0.39, 0.29) is 30.8 Å². The zero-order chi connectivity index (χ0) is 15.7. The predicted molar refractivity (Wildman–Crippen MR) is 80.7 cm³/mol. The number of nitrogens with zero attached hydrogens (tertiary/aromatic N) is 1. The molecule has 0 bridgehead atoms. The second-order valence-corrected chi connectivity index (χ2v) is 11.0. The van der Waals surface area contributed by atoms with Crippen molar-refractivity contribution in [2.45, 2.75) is 30.6 Å². The molecule has 10 heteroatoms. The molecule has 0 aromatic carbocycles. The highest BCUT2D eigenvalue weighted by Gasteiger charge is 2.41. The van der Waals surface area contributed by atoms with Gasteiger partial charge in [0.2, 0.25) is 10.0 Å². The van der Waals surface area contributed by atoms with Gasteiger partial charge in [-0.25, -0.2) is 16.8 Å². The fraction of sp³-hybridized carbons (Fsp3) is 0.909. The fourth-order valence-corrected chi connectivity index (χ4v) is 7.88. The molecular weight excluding hydrogens is 338 g/mol. The van der Waals surface area contributed by atoms with Crippen LogP contribution in [0, 0.1) is 0 Å². The van der Waals surface area contributed by atoms with Crippen molar-refractivity contribution in [2.24, 2.45) is 0 Å². The van der Waals surface area contributed by atoms with E-state index in [0.717, 1.165) is 0 Å². The van der Waals surface area contributed by atoms with Crippen molar-refractivity contribution in [3.63, 3.8) is 0 Å². The summed E-state index contributed by atoms with van der Waals surface area (Å²) < 4.78 is 49.5. The van der Waals surface area contributed by atoms with Gasteiger partial charge in [0.25, 0.3) is 0 Å². The first-order chi connectivity index (χ1) is 9.72. The molecule has 0 spiro atoms. The van der Waals surface area contributed by atoms with Crippen molar-refractivity contribution < 1.29 is 26.7 Å². The smallest absolute Gasteiger partial charge is 0.305 e. The summed E-state index contributed by atoms with van der Waals surface area (Å²) in [5.41, 5.74) is 0. The molecule has 21 heavy (non-hydrogen) atoms. The van der Waals surface area contributed by atoms with Gasteiger partial charge in [0.15, 0.2) is 0 Å². The molecule has 1 unspecified atom stereocenters. The summed E-state index contributed by atoms with van der Waals surface area (Å²) in [5, 5.41) is 8.21. The number of sulfonamides is 1. The lowest BCUT2D eigenvalue weighted by Crippen LogP contribution is -2.51. The molecule has 7 nitrogen and oxygen atoms in total. The van der Waals surface area contributed by atoms with Gasteiger partial charge in [0.05, 0.1) is 23.2 Å². The Kier molecular flexibility index (Phi) is 5.22. The lowest BCUT2D eigenvalue weighted by molar-refractivity contribution is -0.137. The van der Waals surface area contributed by atoms with E-state index < -0.39 is 37.1 Å². The van der Waals surface area contributed by atoms with Crippen molar-refractivity contribution in [1.29, 1.82) is 0 Å². The minimum absolute atomic E-state index is 0.105. The van der Waals surface area contributed by atoms with Gasteiger partial charge in [-0.05, 0) is 12.8 Å². The molecule has 1 atom stereocenters. The number of sulfone groups is 1. The number of hydrogen-bond acceptors (Lipinski definition) is 6. The predicted octanol–water partition coefficient (Wildman–Crippen LogP) is -0.214. The van der Waals surface area contributed by atoms with Gasteiger partial charge in [-0.3, -0.25) is 4.79 Å². The van der Waals surface area contributed by atoms with Crippen LogP contribution in [0.3, 0.4) is 0 Å². The quantitative estimate of drug-likeness (QED) is 0.741. The van der Waals surface area contributed by atoms with Crippen molar-refractivity contribution in [2.75, 3.05) is 29.6 Å². The number of carbonyl (C=O) groups is 1. The highest BCUT2D eigenvalue weighted by atomic mass is 32.2.